The van der Waals surface area contributed by atoms with Crippen LogP contribution in [-0.4, -0.2) is 22.0 Å². The predicted molar refractivity (Wildman–Crippen MR) is 74.6 cm³/mol. The summed E-state index contributed by atoms with van der Waals surface area (Å²) in [6.45, 7) is 3.82. The number of hydrogen-bond donors (Lipinski definition) is 1. The Labute approximate surface area is 121 Å². The molecule has 0 aliphatic rings. The molecule has 0 aliphatic carbocycles. The maximum absolute atomic E-state index is 13.9. The molecule has 0 radical (unpaired) electrons. The van der Waals surface area contributed by atoms with Crippen molar-refractivity contribution in [2.75, 3.05) is 7.11 Å². The van der Waals surface area contributed by atoms with Crippen molar-refractivity contribution in [1.82, 2.24) is 9.78 Å². The minimum Gasteiger partial charge on any atom is -0.493 e. The van der Waals surface area contributed by atoms with E-state index in [0.29, 0.717) is 11.4 Å². The molecule has 2 rings (SSSR count). The van der Waals surface area contributed by atoms with Gasteiger partial charge >= 0.3 is 0 Å². The van der Waals surface area contributed by atoms with E-state index in [4.69, 9.17) is 16.3 Å². The lowest BCUT2D eigenvalue weighted by molar-refractivity contribution is 0.195. The number of rotatable bonds is 4. The molecule has 20 heavy (non-hydrogen) atoms. The van der Waals surface area contributed by atoms with E-state index in [2.05, 4.69) is 5.10 Å². The van der Waals surface area contributed by atoms with Crippen LogP contribution in [0, 0.1) is 5.82 Å². The third kappa shape index (κ3) is 2.51. The molecule has 0 saturated carbocycles. The molecule has 1 aromatic carbocycles. The topological polar surface area (TPSA) is 47.3 Å². The van der Waals surface area contributed by atoms with Crippen LogP contribution < -0.4 is 4.74 Å². The van der Waals surface area contributed by atoms with Gasteiger partial charge in [-0.2, -0.15) is 5.10 Å². The van der Waals surface area contributed by atoms with Crippen LogP contribution in [0.3, 0.4) is 0 Å². The first kappa shape index (κ1) is 14.8. The van der Waals surface area contributed by atoms with Gasteiger partial charge in [0.2, 0.25) is 0 Å². The van der Waals surface area contributed by atoms with E-state index in [0.717, 1.165) is 0 Å². The lowest BCUT2D eigenvalue weighted by atomic mass is 10.0. The van der Waals surface area contributed by atoms with Gasteiger partial charge in [0, 0.05) is 16.6 Å². The van der Waals surface area contributed by atoms with Gasteiger partial charge in [-0.3, -0.25) is 4.68 Å². The van der Waals surface area contributed by atoms with E-state index < -0.39 is 11.9 Å². The minimum atomic E-state index is -1.25. The molecule has 1 unspecified atom stereocenters. The monoisotopic (exact) mass is 298 g/mol. The second-order valence-corrected chi connectivity index (χ2v) is 5.08. The van der Waals surface area contributed by atoms with E-state index in [1.807, 2.05) is 13.8 Å². The van der Waals surface area contributed by atoms with Crippen LogP contribution >= 0.6 is 11.6 Å². The molecule has 1 aromatic heterocycles. The fourth-order valence-corrected chi connectivity index (χ4v) is 2.36. The molecule has 0 aliphatic heterocycles. The number of nitrogens with zero attached hydrogens (tertiary/aromatic N) is 2. The summed E-state index contributed by atoms with van der Waals surface area (Å²) in [7, 11) is 1.47. The quantitative estimate of drug-likeness (QED) is 0.941. The number of aliphatic hydroxyl groups excluding tert-OH is 1. The van der Waals surface area contributed by atoms with Gasteiger partial charge in [0.1, 0.15) is 17.6 Å². The lowest BCUT2D eigenvalue weighted by Gasteiger charge is -2.18. The van der Waals surface area contributed by atoms with Crippen molar-refractivity contribution >= 4 is 11.6 Å². The van der Waals surface area contributed by atoms with Crippen LogP contribution in [0.2, 0.25) is 5.02 Å². The van der Waals surface area contributed by atoms with Crippen molar-refractivity contribution in [2.45, 2.75) is 26.0 Å². The summed E-state index contributed by atoms with van der Waals surface area (Å²) in [5, 5.41) is 14.8. The first-order valence-electron chi connectivity index (χ1n) is 6.20. The van der Waals surface area contributed by atoms with Crippen molar-refractivity contribution < 1.29 is 14.2 Å². The predicted octanol–water partition coefficient (Wildman–Crippen LogP) is 3.35. The van der Waals surface area contributed by atoms with Crippen molar-refractivity contribution in [1.29, 1.82) is 0 Å². The molecule has 1 N–H and O–H groups in total. The summed E-state index contributed by atoms with van der Waals surface area (Å²) < 4.78 is 20.7. The molecular formula is C14H16ClFN2O2. The highest BCUT2D eigenvalue weighted by atomic mass is 35.5. The summed E-state index contributed by atoms with van der Waals surface area (Å²) in [4.78, 5) is 0. The first-order chi connectivity index (χ1) is 9.47. The van der Waals surface area contributed by atoms with Crippen molar-refractivity contribution in [3.05, 3.63) is 46.5 Å². The number of methoxy groups -OCH3 is 1. The summed E-state index contributed by atoms with van der Waals surface area (Å²) in [6, 6.07) is 4.28. The van der Waals surface area contributed by atoms with Crippen LogP contribution in [0.5, 0.6) is 5.75 Å². The molecular weight excluding hydrogens is 283 g/mol. The zero-order chi connectivity index (χ0) is 14.9. The smallest absolute Gasteiger partial charge is 0.163 e. The number of ether oxygens (including phenoxy) is 1. The molecule has 0 saturated heterocycles. The van der Waals surface area contributed by atoms with Crippen molar-refractivity contribution in [3.8, 4) is 5.75 Å². The number of halogens is 2. The average molecular weight is 299 g/mol. The Balaban J connectivity index is 2.58. The molecule has 2 aromatic rings. The molecule has 0 bridgehead atoms. The van der Waals surface area contributed by atoms with Gasteiger partial charge in [-0.15, -0.1) is 0 Å². The minimum absolute atomic E-state index is 0.00546. The van der Waals surface area contributed by atoms with Gasteiger partial charge in [0.25, 0.3) is 0 Å². The van der Waals surface area contributed by atoms with Gasteiger partial charge in [-0.25, -0.2) is 4.39 Å². The second kappa shape index (κ2) is 5.81. The van der Waals surface area contributed by atoms with Gasteiger partial charge < -0.3 is 9.84 Å². The van der Waals surface area contributed by atoms with E-state index in [1.54, 1.807) is 4.68 Å². The molecule has 1 atom stereocenters. The Bertz CT molecular complexity index is 593. The molecule has 0 spiro atoms. The Hall–Kier alpha value is -1.59. The highest BCUT2D eigenvalue weighted by molar-refractivity contribution is 6.31. The van der Waals surface area contributed by atoms with Gasteiger partial charge in [0.15, 0.2) is 5.75 Å². The zero-order valence-electron chi connectivity index (χ0n) is 11.5. The maximum Gasteiger partial charge on any atom is 0.163 e. The SMILES string of the molecule is COc1cnn(C(C)C)c1C(O)c1c(F)cccc1Cl. The summed E-state index contributed by atoms with van der Waals surface area (Å²) in [5.74, 6) is -0.172. The second-order valence-electron chi connectivity index (χ2n) is 4.67. The molecule has 4 nitrogen and oxygen atoms in total. The fourth-order valence-electron chi connectivity index (χ4n) is 2.09. The summed E-state index contributed by atoms with van der Waals surface area (Å²) in [5.41, 5.74) is 0.407. The van der Waals surface area contributed by atoms with Crippen LogP contribution in [0.1, 0.15) is 37.3 Å². The van der Waals surface area contributed by atoms with Crippen LogP contribution in [0.25, 0.3) is 0 Å². The highest BCUT2D eigenvalue weighted by Crippen LogP contribution is 2.36. The Morgan fingerprint density at radius 3 is 2.65 bits per heavy atom. The van der Waals surface area contributed by atoms with Crippen LogP contribution in [0.4, 0.5) is 4.39 Å². The normalized spacial score (nSPS) is 12.8. The Morgan fingerprint density at radius 2 is 2.10 bits per heavy atom. The maximum atomic E-state index is 13.9. The summed E-state index contributed by atoms with van der Waals surface area (Å²) >= 11 is 6.00. The molecule has 0 amide bonds. The fraction of sp³-hybridized carbons (Fsp3) is 0.357. The van der Waals surface area contributed by atoms with Crippen molar-refractivity contribution in [3.63, 3.8) is 0 Å². The van der Waals surface area contributed by atoms with Gasteiger partial charge in [0.05, 0.1) is 13.3 Å². The van der Waals surface area contributed by atoms with Crippen molar-refractivity contribution in [2.24, 2.45) is 0 Å². The van der Waals surface area contributed by atoms with Gasteiger partial charge in [-0.05, 0) is 26.0 Å². The van der Waals surface area contributed by atoms with E-state index in [9.17, 15) is 9.50 Å². The third-order valence-corrected chi connectivity index (χ3v) is 3.37. The summed E-state index contributed by atoms with van der Waals surface area (Å²) in [6.07, 6.45) is 0.247. The highest BCUT2D eigenvalue weighted by Gasteiger charge is 2.26. The number of aliphatic hydroxyl groups is 1. The molecule has 0 fully saturated rings. The zero-order valence-corrected chi connectivity index (χ0v) is 12.2. The first-order valence-corrected chi connectivity index (χ1v) is 6.58. The Kier molecular flexibility index (Phi) is 4.30. The largest absolute Gasteiger partial charge is 0.493 e. The standard InChI is InChI=1S/C14H16ClFN2O2/c1-8(2)18-13(11(20-3)7-17-18)14(19)12-9(15)5-4-6-10(12)16/h4-8,14,19H,1-3H3. The number of benzene rings is 1. The van der Waals surface area contributed by atoms with Crippen LogP contribution in [0.15, 0.2) is 24.4 Å². The van der Waals surface area contributed by atoms with E-state index in [1.165, 1.54) is 31.5 Å². The van der Waals surface area contributed by atoms with Gasteiger partial charge in [-0.1, -0.05) is 17.7 Å². The lowest BCUT2D eigenvalue weighted by Crippen LogP contribution is -2.14. The Morgan fingerprint density at radius 1 is 1.40 bits per heavy atom. The average Bonchev–Trinajstić information content (AvgIpc) is 2.82. The van der Waals surface area contributed by atoms with E-state index >= 15 is 0 Å². The number of hydrogen-bond acceptors (Lipinski definition) is 3. The molecule has 1 heterocycles. The third-order valence-electron chi connectivity index (χ3n) is 3.04. The van der Waals surface area contributed by atoms with E-state index in [-0.39, 0.29) is 16.6 Å². The van der Waals surface area contributed by atoms with Crippen LogP contribution in [-0.2, 0) is 0 Å². The molecule has 6 heteroatoms. The molecule has 108 valence electrons. The number of aromatic nitrogens is 2.